The van der Waals surface area contributed by atoms with Crippen molar-refractivity contribution in [2.75, 3.05) is 18.4 Å². The Kier molecular flexibility index (Phi) is 5.77. The van der Waals surface area contributed by atoms with Crippen LogP contribution in [-0.2, 0) is 4.79 Å². The highest BCUT2D eigenvalue weighted by atomic mass is 16.5. The number of rotatable bonds is 7. The van der Waals surface area contributed by atoms with Gasteiger partial charge < -0.3 is 15.4 Å². The van der Waals surface area contributed by atoms with E-state index in [2.05, 4.69) is 17.2 Å². The highest BCUT2D eigenvalue weighted by Crippen LogP contribution is 2.24. The van der Waals surface area contributed by atoms with Gasteiger partial charge in [-0.1, -0.05) is 18.2 Å². The van der Waals surface area contributed by atoms with Crippen molar-refractivity contribution in [3.8, 4) is 5.75 Å². The molecule has 1 aromatic carbocycles. The number of anilines is 1. The summed E-state index contributed by atoms with van der Waals surface area (Å²) in [5.74, 6) is 0.679. The molecule has 0 spiro atoms. The highest BCUT2D eigenvalue weighted by molar-refractivity contribution is 5.81. The SMILES string of the molecule is C=CCNC(=O)CNc1ccccc1OC(C)C. The van der Waals surface area contributed by atoms with Crippen LogP contribution in [0.2, 0.25) is 0 Å². The maximum atomic E-state index is 11.4. The van der Waals surface area contributed by atoms with Gasteiger partial charge in [-0.2, -0.15) is 0 Å². The summed E-state index contributed by atoms with van der Waals surface area (Å²) in [7, 11) is 0. The first kappa shape index (κ1) is 14.1. The molecule has 0 saturated carbocycles. The Hall–Kier alpha value is -1.97. The fraction of sp³-hybridized carbons (Fsp3) is 0.357. The number of para-hydroxylation sites is 2. The molecule has 0 bridgehead atoms. The number of ether oxygens (including phenoxy) is 1. The maximum Gasteiger partial charge on any atom is 0.239 e. The largest absolute Gasteiger partial charge is 0.489 e. The van der Waals surface area contributed by atoms with E-state index in [1.54, 1.807) is 6.08 Å². The third kappa shape index (κ3) is 4.91. The summed E-state index contributed by atoms with van der Waals surface area (Å²) in [6.07, 6.45) is 1.75. The summed E-state index contributed by atoms with van der Waals surface area (Å²) < 4.78 is 5.65. The molecule has 0 aliphatic heterocycles. The van der Waals surface area contributed by atoms with E-state index in [1.807, 2.05) is 38.1 Å². The van der Waals surface area contributed by atoms with Gasteiger partial charge in [0.1, 0.15) is 5.75 Å². The van der Waals surface area contributed by atoms with Crippen LogP contribution in [0.4, 0.5) is 5.69 Å². The van der Waals surface area contributed by atoms with E-state index in [9.17, 15) is 4.79 Å². The van der Waals surface area contributed by atoms with Crippen LogP contribution in [0.15, 0.2) is 36.9 Å². The number of hydrogen-bond donors (Lipinski definition) is 2. The number of benzene rings is 1. The van der Waals surface area contributed by atoms with E-state index < -0.39 is 0 Å². The van der Waals surface area contributed by atoms with Gasteiger partial charge in [-0.3, -0.25) is 4.79 Å². The van der Waals surface area contributed by atoms with E-state index in [0.717, 1.165) is 11.4 Å². The summed E-state index contributed by atoms with van der Waals surface area (Å²) in [6.45, 7) is 8.17. The molecule has 0 saturated heterocycles. The van der Waals surface area contributed by atoms with Crippen molar-refractivity contribution in [1.82, 2.24) is 5.32 Å². The summed E-state index contributed by atoms with van der Waals surface area (Å²) in [5, 5.41) is 5.76. The molecule has 0 aliphatic carbocycles. The van der Waals surface area contributed by atoms with Crippen LogP contribution in [0, 0.1) is 0 Å². The minimum atomic E-state index is -0.0748. The molecule has 18 heavy (non-hydrogen) atoms. The minimum absolute atomic E-state index is 0.0748. The van der Waals surface area contributed by atoms with Crippen LogP contribution in [0.3, 0.4) is 0 Å². The van der Waals surface area contributed by atoms with Gasteiger partial charge in [0.2, 0.25) is 5.91 Å². The number of hydrogen-bond acceptors (Lipinski definition) is 3. The normalized spacial score (nSPS) is 9.94. The van der Waals surface area contributed by atoms with E-state index in [0.29, 0.717) is 6.54 Å². The highest BCUT2D eigenvalue weighted by Gasteiger charge is 2.06. The molecule has 0 aliphatic rings. The Morgan fingerprint density at radius 1 is 1.44 bits per heavy atom. The van der Waals surface area contributed by atoms with E-state index in [-0.39, 0.29) is 18.6 Å². The number of carbonyl (C=O) groups is 1. The first-order valence-electron chi connectivity index (χ1n) is 6.00. The molecular weight excluding hydrogens is 228 g/mol. The molecule has 0 unspecified atom stereocenters. The minimum Gasteiger partial charge on any atom is -0.489 e. The Morgan fingerprint density at radius 3 is 2.83 bits per heavy atom. The van der Waals surface area contributed by atoms with E-state index >= 15 is 0 Å². The Labute approximate surface area is 108 Å². The summed E-state index contributed by atoms with van der Waals surface area (Å²) in [5.41, 5.74) is 0.819. The predicted molar refractivity (Wildman–Crippen MR) is 73.9 cm³/mol. The maximum absolute atomic E-state index is 11.4. The molecule has 0 aromatic heterocycles. The second kappa shape index (κ2) is 7.37. The second-order valence-corrected chi connectivity index (χ2v) is 4.11. The van der Waals surface area contributed by atoms with Gasteiger partial charge in [0.15, 0.2) is 0 Å². The van der Waals surface area contributed by atoms with Crippen LogP contribution in [0.1, 0.15) is 13.8 Å². The van der Waals surface area contributed by atoms with Gasteiger partial charge in [0.25, 0.3) is 0 Å². The van der Waals surface area contributed by atoms with Gasteiger partial charge in [0.05, 0.1) is 18.3 Å². The molecular formula is C14H20N2O2. The lowest BCUT2D eigenvalue weighted by atomic mass is 10.3. The zero-order valence-corrected chi connectivity index (χ0v) is 10.9. The molecule has 4 heteroatoms. The van der Waals surface area contributed by atoms with Gasteiger partial charge in [-0.05, 0) is 26.0 Å². The molecule has 98 valence electrons. The molecule has 0 heterocycles. The Balaban J connectivity index is 2.55. The average molecular weight is 248 g/mol. The quantitative estimate of drug-likeness (QED) is 0.727. The zero-order valence-electron chi connectivity index (χ0n) is 10.9. The third-order valence-electron chi connectivity index (χ3n) is 2.13. The third-order valence-corrected chi connectivity index (χ3v) is 2.13. The van der Waals surface area contributed by atoms with Gasteiger partial charge in [-0.25, -0.2) is 0 Å². The number of amides is 1. The second-order valence-electron chi connectivity index (χ2n) is 4.11. The van der Waals surface area contributed by atoms with Crippen LogP contribution >= 0.6 is 0 Å². The lowest BCUT2D eigenvalue weighted by molar-refractivity contribution is -0.119. The fourth-order valence-electron chi connectivity index (χ4n) is 1.39. The predicted octanol–water partition coefficient (Wildman–Crippen LogP) is 2.19. The van der Waals surface area contributed by atoms with Crippen molar-refractivity contribution in [2.45, 2.75) is 20.0 Å². The van der Waals surface area contributed by atoms with Crippen molar-refractivity contribution in [1.29, 1.82) is 0 Å². The monoisotopic (exact) mass is 248 g/mol. The molecule has 1 rings (SSSR count). The first-order valence-corrected chi connectivity index (χ1v) is 6.00. The molecule has 0 atom stereocenters. The summed E-state index contributed by atoms with van der Waals surface area (Å²) in [4.78, 5) is 11.4. The van der Waals surface area contributed by atoms with Crippen LogP contribution in [-0.4, -0.2) is 25.1 Å². The summed E-state index contributed by atoms with van der Waals surface area (Å²) in [6, 6.07) is 7.57. The van der Waals surface area contributed by atoms with Crippen LogP contribution in [0.25, 0.3) is 0 Å². The first-order chi connectivity index (χ1) is 8.63. The van der Waals surface area contributed by atoms with Crippen molar-refractivity contribution in [3.63, 3.8) is 0 Å². The van der Waals surface area contributed by atoms with Crippen LogP contribution < -0.4 is 15.4 Å². The Morgan fingerprint density at radius 2 is 2.17 bits per heavy atom. The molecule has 4 nitrogen and oxygen atoms in total. The molecule has 1 amide bonds. The van der Waals surface area contributed by atoms with Crippen molar-refractivity contribution < 1.29 is 9.53 Å². The van der Waals surface area contributed by atoms with Gasteiger partial charge in [-0.15, -0.1) is 6.58 Å². The zero-order chi connectivity index (χ0) is 13.4. The molecule has 0 radical (unpaired) electrons. The fourth-order valence-corrected chi connectivity index (χ4v) is 1.39. The summed E-state index contributed by atoms with van der Waals surface area (Å²) >= 11 is 0. The van der Waals surface area contributed by atoms with Gasteiger partial charge >= 0.3 is 0 Å². The van der Waals surface area contributed by atoms with Crippen molar-refractivity contribution in [2.24, 2.45) is 0 Å². The average Bonchev–Trinajstić information content (AvgIpc) is 2.34. The molecule has 1 aromatic rings. The lowest BCUT2D eigenvalue weighted by Gasteiger charge is -2.15. The van der Waals surface area contributed by atoms with E-state index in [1.165, 1.54) is 0 Å². The number of carbonyl (C=O) groups excluding carboxylic acids is 1. The van der Waals surface area contributed by atoms with Gasteiger partial charge in [0, 0.05) is 6.54 Å². The Bertz CT molecular complexity index is 403. The van der Waals surface area contributed by atoms with Crippen LogP contribution in [0.5, 0.6) is 5.75 Å². The smallest absolute Gasteiger partial charge is 0.239 e. The van der Waals surface area contributed by atoms with E-state index in [4.69, 9.17) is 4.74 Å². The molecule has 2 N–H and O–H groups in total. The number of nitrogens with one attached hydrogen (secondary N) is 2. The molecule has 0 fully saturated rings. The topological polar surface area (TPSA) is 50.4 Å². The van der Waals surface area contributed by atoms with Crippen molar-refractivity contribution in [3.05, 3.63) is 36.9 Å². The van der Waals surface area contributed by atoms with Crippen molar-refractivity contribution >= 4 is 11.6 Å². The standard InChI is InChI=1S/C14H20N2O2/c1-4-9-15-14(17)10-16-12-7-5-6-8-13(12)18-11(2)3/h4-8,11,16H,1,9-10H2,2-3H3,(H,15,17). The lowest BCUT2D eigenvalue weighted by Crippen LogP contribution is -2.29.